The van der Waals surface area contributed by atoms with Gasteiger partial charge in [-0.25, -0.2) is 0 Å². The van der Waals surface area contributed by atoms with Gasteiger partial charge in [-0.05, 0) is 19.8 Å². The van der Waals surface area contributed by atoms with Gasteiger partial charge in [0.25, 0.3) is 0 Å². The van der Waals surface area contributed by atoms with Gasteiger partial charge in [-0.3, -0.25) is 4.79 Å². The molecule has 0 aromatic rings. The molecule has 1 amide bonds. The van der Waals surface area contributed by atoms with Crippen LogP contribution < -0.4 is 5.32 Å². The quantitative estimate of drug-likeness (QED) is 0.665. The van der Waals surface area contributed by atoms with Crippen LogP contribution >= 0.6 is 0 Å². The van der Waals surface area contributed by atoms with Crippen LogP contribution in [0.25, 0.3) is 0 Å². The Balaban J connectivity index is 2.53. The van der Waals surface area contributed by atoms with Gasteiger partial charge in [-0.1, -0.05) is 33.6 Å². The third kappa shape index (κ3) is 2.71. The van der Waals surface area contributed by atoms with E-state index in [9.17, 15) is 4.79 Å². The Morgan fingerprint density at radius 1 is 1.23 bits per heavy atom. The molecule has 76 valence electrons. The minimum Gasteiger partial charge on any atom is -0.350 e. The first-order valence-corrected chi connectivity index (χ1v) is 5.16. The molecule has 1 rings (SSSR count). The van der Waals surface area contributed by atoms with E-state index in [0.717, 1.165) is 12.8 Å². The summed E-state index contributed by atoms with van der Waals surface area (Å²) in [4.78, 5) is 11.7. The molecule has 0 radical (unpaired) electrons. The number of amides is 1. The Labute approximate surface area is 81.1 Å². The summed E-state index contributed by atoms with van der Waals surface area (Å²) in [6.45, 7) is 8.03. The minimum absolute atomic E-state index is 0.0738. The van der Waals surface area contributed by atoms with Crippen molar-refractivity contribution in [1.29, 1.82) is 0 Å². The third-order valence-corrected chi connectivity index (χ3v) is 2.80. The second-order valence-corrected chi connectivity index (χ2v) is 5.47. The molecule has 0 aromatic heterocycles. The van der Waals surface area contributed by atoms with Crippen molar-refractivity contribution < 1.29 is 4.79 Å². The molecule has 0 saturated heterocycles. The van der Waals surface area contributed by atoms with Gasteiger partial charge in [-0.15, -0.1) is 0 Å². The molecule has 0 unspecified atom stereocenters. The molecule has 1 N–H and O–H groups in total. The number of nitrogens with one attached hydrogen (secondary N) is 1. The van der Waals surface area contributed by atoms with E-state index in [0.29, 0.717) is 0 Å². The largest absolute Gasteiger partial charge is 0.350 e. The van der Waals surface area contributed by atoms with Crippen molar-refractivity contribution in [1.82, 2.24) is 5.32 Å². The van der Waals surface area contributed by atoms with Crippen molar-refractivity contribution in [2.75, 3.05) is 0 Å². The number of hydrogen-bond donors (Lipinski definition) is 1. The fraction of sp³-hybridized carbons (Fsp3) is 0.909. The fourth-order valence-corrected chi connectivity index (χ4v) is 1.74. The summed E-state index contributed by atoms with van der Waals surface area (Å²) >= 11 is 0. The van der Waals surface area contributed by atoms with Gasteiger partial charge in [0, 0.05) is 11.0 Å². The van der Waals surface area contributed by atoms with Crippen LogP contribution in [0.4, 0.5) is 0 Å². The van der Waals surface area contributed by atoms with Crippen LogP contribution in [0.1, 0.15) is 53.4 Å². The average molecular weight is 183 g/mol. The molecule has 1 saturated carbocycles. The van der Waals surface area contributed by atoms with Crippen LogP contribution in [0, 0.1) is 5.41 Å². The molecule has 1 aliphatic rings. The number of carbonyl (C=O) groups is 1. The second kappa shape index (κ2) is 3.32. The van der Waals surface area contributed by atoms with Gasteiger partial charge in [0.1, 0.15) is 0 Å². The van der Waals surface area contributed by atoms with E-state index in [2.05, 4.69) is 12.2 Å². The van der Waals surface area contributed by atoms with E-state index in [4.69, 9.17) is 0 Å². The van der Waals surface area contributed by atoms with E-state index in [1.54, 1.807) is 0 Å². The highest BCUT2D eigenvalue weighted by Crippen LogP contribution is 2.30. The van der Waals surface area contributed by atoms with Crippen molar-refractivity contribution >= 4 is 5.91 Å². The highest BCUT2D eigenvalue weighted by atomic mass is 16.2. The molecule has 0 aromatic carbocycles. The summed E-state index contributed by atoms with van der Waals surface area (Å²) in [6.07, 6.45) is 4.77. The number of hydrogen-bond acceptors (Lipinski definition) is 1. The molecule has 13 heavy (non-hydrogen) atoms. The first kappa shape index (κ1) is 10.6. The molecule has 0 bridgehead atoms. The van der Waals surface area contributed by atoms with Crippen LogP contribution in [0.5, 0.6) is 0 Å². The Morgan fingerprint density at radius 3 is 2.08 bits per heavy atom. The van der Waals surface area contributed by atoms with Gasteiger partial charge < -0.3 is 5.32 Å². The third-order valence-electron chi connectivity index (χ3n) is 2.80. The van der Waals surface area contributed by atoms with Gasteiger partial charge in [0.05, 0.1) is 0 Å². The summed E-state index contributed by atoms with van der Waals surface area (Å²) in [7, 11) is 0. The van der Waals surface area contributed by atoms with Gasteiger partial charge >= 0.3 is 0 Å². The van der Waals surface area contributed by atoms with Crippen molar-refractivity contribution in [3.05, 3.63) is 0 Å². The smallest absolute Gasteiger partial charge is 0.225 e. The Hall–Kier alpha value is -0.530. The molecule has 0 atom stereocenters. The van der Waals surface area contributed by atoms with E-state index in [1.807, 2.05) is 20.8 Å². The zero-order valence-corrected chi connectivity index (χ0v) is 9.24. The first-order chi connectivity index (χ1) is 5.83. The fourth-order valence-electron chi connectivity index (χ4n) is 1.74. The predicted molar refractivity (Wildman–Crippen MR) is 54.5 cm³/mol. The van der Waals surface area contributed by atoms with E-state index >= 15 is 0 Å². The second-order valence-electron chi connectivity index (χ2n) is 5.47. The summed E-state index contributed by atoms with van der Waals surface area (Å²) in [6, 6.07) is 0. The zero-order valence-electron chi connectivity index (χ0n) is 9.24. The topological polar surface area (TPSA) is 29.1 Å². The summed E-state index contributed by atoms with van der Waals surface area (Å²) in [5, 5.41) is 3.16. The molecular formula is C11H21NO. The maximum atomic E-state index is 11.7. The molecule has 0 aliphatic heterocycles. The average Bonchev–Trinajstić information content (AvgIpc) is 2.33. The summed E-state index contributed by atoms with van der Waals surface area (Å²) in [5.41, 5.74) is -0.185. The summed E-state index contributed by atoms with van der Waals surface area (Å²) in [5.74, 6) is 0.178. The van der Waals surface area contributed by atoms with Crippen LogP contribution in [-0.4, -0.2) is 11.4 Å². The maximum Gasteiger partial charge on any atom is 0.225 e. The predicted octanol–water partition coefficient (Wildman–Crippen LogP) is 2.48. The van der Waals surface area contributed by atoms with Crippen molar-refractivity contribution in [3.63, 3.8) is 0 Å². The molecule has 1 aliphatic carbocycles. The van der Waals surface area contributed by atoms with Gasteiger partial charge in [-0.2, -0.15) is 0 Å². The van der Waals surface area contributed by atoms with Crippen LogP contribution in [-0.2, 0) is 4.79 Å². The highest BCUT2D eigenvalue weighted by molar-refractivity contribution is 5.82. The zero-order chi connectivity index (χ0) is 10.1. The van der Waals surface area contributed by atoms with Gasteiger partial charge in [0.15, 0.2) is 0 Å². The molecule has 1 fully saturated rings. The standard InChI is InChI=1S/C11H21NO/c1-10(2,3)9(13)12-11(4)7-5-6-8-11/h5-8H2,1-4H3,(H,12,13). The highest BCUT2D eigenvalue weighted by Gasteiger charge is 2.33. The molecule has 2 heteroatoms. The number of carbonyl (C=O) groups excluding carboxylic acids is 1. The molecule has 0 heterocycles. The van der Waals surface area contributed by atoms with Crippen molar-refractivity contribution in [2.45, 2.75) is 58.9 Å². The van der Waals surface area contributed by atoms with E-state index < -0.39 is 0 Å². The lowest BCUT2D eigenvalue weighted by atomic mass is 9.92. The molecule has 0 spiro atoms. The summed E-state index contributed by atoms with van der Waals surface area (Å²) < 4.78 is 0. The lowest BCUT2D eigenvalue weighted by Crippen LogP contribution is -2.48. The van der Waals surface area contributed by atoms with Crippen LogP contribution in [0.15, 0.2) is 0 Å². The molecular weight excluding hydrogens is 162 g/mol. The lowest BCUT2D eigenvalue weighted by molar-refractivity contribution is -0.130. The van der Waals surface area contributed by atoms with Crippen molar-refractivity contribution in [3.8, 4) is 0 Å². The maximum absolute atomic E-state index is 11.7. The molecule has 2 nitrogen and oxygen atoms in total. The SMILES string of the molecule is CC1(NC(=O)C(C)(C)C)CCCC1. The first-order valence-electron chi connectivity index (χ1n) is 5.16. The minimum atomic E-state index is -0.258. The Kier molecular flexibility index (Phi) is 2.69. The normalized spacial score (nSPS) is 21.5. The van der Waals surface area contributed by atoms with Crippen LogP contribution in [0.3, 0.4) is 0 Å². The Bertz CT molecular complexity index is 197. The monoisotopic (exact) mass is 183 g/mol. The van der Waals surface area contributed by atoms with Crippen molar-refractivity contribution in [2.24, 2.45) is 5.41 Å². The van der Waals surface area contributed by atoms with E-state index in [-0.39, 0.29) is 16.9 Å². The van der Waals surface area contributed by atoms with Gasteiger partial charge in [0.2, 0.25) is 5.91 Å². The Morgan fingerprint density at radius 2 is 1.69 bits per heavy atom. The van der Waals surface area contributed by atoms with E-state index in [1.165, 1.54) is 12.8 Å². The lowest BCUT2D eigenvalue weighted by Gasteiger charge is -2.29. The number of rotatable bonds is 1. The van der Waals surface area contributed by atoms with Crippen LogP contribution in [0.2, 0.25) is 0 Å².